The Labute approximate surface area is 206 Å². The molecule has 0 heterocycles. The lowest BCUT2D eigenvalue weighted by Gasteiger charge is -2.25. The number of hydrogen-bond acceptors (Lipinski definition) is 6. The molecule has 0 radical (unpaired) electrons. The fourth-order valence-corrected chi connectivity index (χ4v) is 4.62. The van der Waals surface area contributed by atoms with Crippen LogP contribution in [0.2, 0.25) is 0 Å². The second kappa shape index (κ2) is 10.8. The lowest BCUT2D eigenvalue weighted by molar-refractivity contribution is -0.274. The van der Waals surface area contributed by atoms with Crippen molar-refractivity contribution in [1.29, 1.82) is 0 Å². The van der Waals surface area contributed by atoms with Gasteiger partial charge in [-0.1, -0.05) is 17.7 Å². The van der Waals surface area contributed by atoms with Crippen molar-refractivity contribution in [2.75, 3.05) is 30.4 Å². The molecule has 0 fully saturated rings. The summed E-state index contributed by atoms with van der Waals surface area (Å²) in [4.78, 5) is 12.8. The van der Waals surface area contributed by atoms with Gasteiger partial charge in [0.2, 0.25) is 5.91 Å². The van der Waals surface area contributed by atoms with Crippen LogP contribution in [0.3, 0.4) is 0 Å². The Morgan fingerprint density at radius 2 is 1.53 bits per heavy atom. The molecular formula is C24H23F3N2O6S. The summed E-state index contributed by atoms with van der Waals surface area (Å²) in [5, 5.41) is 2.48. The summed E-state index contributed by atoms with van der Waals surface area (Å²) in [6.07, 6.45) is -4.85. The van der Waals surface area contributed by atoms with Crippen LogP contribution in [0, 0.1) is 6.92 Å². The molecule has 8 nitrogen and oxygen atoms in total. The maximum atomic E-state index is 13.5. The summed E-state index contributed by atoms with van der Waals surface area (Å²) in [5.74, 6) is -0.585. The number of benzene rings is 3. The molecule has 0 spiro atoms. The van der Waals surface area contributed by atoms with E-state index < -0.39 is 34.6 Å². The molecule has 0 aliphatic rings. The molecule has 12 heteroatoms. The van der Waals surface area contributed by atoms with Gasteiger partial charge >= 0.3 is 6.36 Å². The highest BCUT2D eigenvalue weighted by Crippen LogP contribution is 2.34. The third kappa shape index (κ3) is 6.60. The Hall–Kier alpha value is -3.93. The molecular weight excluding hydrogens is 501 g/mol. The summed E-state index contributed by atoms with van der Waals surface area (Å²) in [6.45, 7) is 1.17. The van der Waals surface area contributed by atoms with Crippen LogP contribution in [0.15, 0.2) is 71.6 Å². The van der Waals surface area contributed by atoms with Crippen LogP contribution in [-0.4, -0.2) is 41.5 Å². The van der Waals surface area contributed by atoms with Crippen molar-refractivity contribution >= 4 is 27.3 Å². The van der Waals surface area contributed by atoms with Crippen LogP contribution >= 0.6 is 0 Å². The Morgan fingerprint density at radius 1 is 0.917 bits per heavy atom. The van der Waals surface area contributed by atoms with E-state index in [0.717, 1.165) is 22.0 Å². The minimum Gasteiger partial charge on any atom is -0.493 e. The number of nitrogens with one attached hydrogen (secondary N) is 1. The number of nitrogens with zero attached hydrogens (tertiary/aromatic N) is 1. The number of anilines is 2. The second-order valence-electron chi connectivity index (χ2n) is 7.48. The van der Waals surface area contributed by atoms with Gasteiger partial charge in [0.25, 0.3) is 10.0 Å². The zero-order valence-electron chi connectivity index (χ0n) is 19.5. The highest BCUT2D eigenvalue weighted by atomic mass is 32.2. The fraction of sp³-hybridized carbons (Fsp3) is 0.208. The topological polar surface area (TPSA) is 94.2 Å². The van der Waals surface area contributed by atoms with Gasteiger partial charge in [0.15, 0.2) is 11.5 Å². The molecule has 1 N–H and O–H groups in total. The van der Waals surface area contributed by atoms with E-state index in [1.165, 1.54) is 56.7 Å². The Bertz CT molecular complexity index is 1310. The van der Waals surface area contributed by atoms with Crippen LogP contribution in [0.4, 0.5) is 24.5 Å². The largest absolute Gasteiger partial charge is 0.573 e. The minimum absolute atomic E-state index is 0.0377. The molecule has 1 amide bonds. The first-order chi connectivity index (χ1) is 16.9. The van der Waals surface area contributed by atoms with E-state index in [1.54, 1.807) is 19.1 Å². The predicted molar refractivity (Wildman–Crippen MR) is 127 cm³/mol. The zero-order valence-corrected chi connectivity index (χ0v) is 20.3. The third-order valence-electron chi connectivity index (χ3n) is 4.92. The van der Waals surface area contributed by atoms with Crippen LogP contribution < -0.4 is 23.8 Å². The molecule has 3 aromatic rings. The summed E-state index contributed by atoms with van der Waals surface area (Å²) in [7, 11) is -1.38. The number of alkyl halides is 3. The average molecular weight is 525 g/mol. The number of methoxy groups -OCH3 is 2. The normalized spacial score (nSPS) is 11.5. The molecule has 3 aromatic carbocycles. The van der Waals surface area contributed by atoms with Gasteiger partial charge in [-0.15, -0.1) is 13.2 Å². The molecule has 3 rings (SSSR count). The number of sulfonamides is 1. The summed E-state index contributed by atoms with van der Waals surface area (Å²) >= 11 is 0. The van der Waals surface area contributed by atoms with Crippen LogP contribution in [0.25, 0.3) is 0 Å². The lowest BCUT2D eigenvalue weighted by Crippen LogP contribution is -2.38. The highest BCUT2D eigenvalue weighted by Gasteiger charge is 2.31. The van der Waals surface area contributed by atoms with E-state index in [0.29, 0.717) is 5.75 Å². The van der Waals surface area contributed by atoms with Crippen molar-refractivity contribution in [1.82, 2.24) is 0 Å². The molecule has 0 aromatic heterocycles. The average Bonchev–Trinajstić information content (AvgIpc) is 2.82. The number of rotatable bonds is 9. The Kier molecular flexibility index (Phi) is 7.98. The summed E-state index contributed by atoms with van der Waals surface area (Å²) in [5.41, 5.74) is 1.13. The number of hydrogen-bond donors (Lipinski definition) is 1. The third-order valence-corrected chi connectivity index (χ3v) is 6.71. The second-order valence-corrected chi connectivity index (χ2v) is 9.35. The van der Waals surface area contributed by atoms with Crippen molar-refractivity contribution in [2.45, 2.75) is 18.2 Å². The van der Waals surface area contributed by atoms with Gasteiger partial charge in [-0.05, 0) is 55.5 Å². The number of carbonyl (C=O) groups is 1. The molecule has 0 saturated carbocycles. The van der Waals surface area contributed by atoms with E-state index in [2.05, 4.69) is 10.1 Å². The van der Waals surface area contributed by atoms with Crippen molar-refractivity contribution < 1.29 is 40.6 Å². The predicted octanol–water partition coefficient (Wildman–Crippen LogP) is 4.74. The van der Waals surface area contributed by atoms with E-state index in [1.807, 2.05) is 0 Å². The monoisotopic (exact) mass is 524 g/mol. The molecule has 0 unspecified atom stereocenters. The number of aryl methyl sites for hydroxylation is 1. The molecule has 0 saturated heterocycles. The van der Waals surface area contributed by atoms with E-state index in [-0.39, 0.29) is 22.0 Å². The van der Waals surface area contributed by atoms with Gasteiger partial charge in [-0.2, -0.15) is 0 Å². The number of halogens is 3. The maximum absolute atomic E-state index is 13.5. The Balaban J connectivity index is 1.91. The van der Waals surface area contributed by atoms with Crippen LogP contribution in [-0.2, 0) is 14.8 Å². The lowest BCUT2D eigenvalue weighted by atomic mass is 10.2. The smallest absolute Gasteiger partial charge is 0.493 e. The standard InChI is InChI=1S/C24H23F3N2O6S/c1-16-4-11-20(12-5-16)36(31,32)29(18-8-13-21(33-2)22(14-18)34-3)15-23(30)28-17-6-9-19(10-7-17)35-24(25,26)27/h4-14H,15H2,1-3H3,(H,28,30). The van der Waals surface area contributed by atoms with Gasteiger partial charge < -0.3 is 19.5 Å². The number of carbonyl (C=O) groups excluding carboxylic acids is 1. The van der Waals surface area contributed by atoms with Gasteiger partial charge in [0, 0.05) is 11.8 Å². The zero-order chi connectivity index (χ0) is 26.5. The van der Waals surface area contributed by atoms with E-state index in [9.17, 15) is 26.4 Å². The first-order valence-corrected chi connectivity index (χ1v) is 11.8. The summed E-state index contributed by atoms with van der Waals surface area (Å²) < 4.78 is 79.3. The number of amides is 1. The molecule has 0 aliphatic carbocycles. The quantitative estimate of drug-likeness (QED) is 0.435. The Morgan fingerprint density at radius 3 is 2.08 bits per heavy atom. The fourth-order valence-electron chi connectivity index (χ4n) is 3.20. The maximum Gasteiger partial charge on any atom is 0.573 e. The minimum atomic E-state index is -4.85. The molecule has 0 atom stereocenters. The van der Waals surface area contributed by atoms with Crippen LogP contribution in [0.5, 0.6) is 17.2 Å². The SMILES string of the molecule is COc1ccc(N(CC(=O)Nc2ccc(OC(F)(F)F)cc2)S(=O)(=O)c2ccc(C)cc2)cc1OC. The molecule has 0 aliphatic heterocycles. The molecule has 36 heavy (non-hydrogen) atoms. The number of ether oxygens (including phenoxy) is 3. The van der Waals surface area contributed by atoms with Crippen molar-refractivity contribution in [3.05, 3.63) is 72.3 Å². The van der Waals surface area contributed by atoms with Gasteiger partial charge in [-0.25, -0.2) is 8.42 Å². The van der Waals surface area contributed by atoms with Crippen LogP contribution in [0.1, 0.15) is 5.56 Å². The molecule has 192 valence electrons. The van der Waals surface area contributed by atoms with Crippen molar-refractivity contribution in [3.8, 4) is 17.2 Å². The van der Waals surface area contributed by atoms with Gasteiger partial charge in [0.1, 0.15) is 12.3 Å². The highest BCUT2D eigenvalue weighted by molar-refractivity contribution is 7.92. The van der Waals surface area contributed by atoms with E-state index >= 15 is 0 Å². The molecule has 0 bridgehead atoms. The first kappa shape index (κ1) is 26.7. The van der Waals surface area contributed by atoms with Gasteiger partial charge in [0.05, 0.1) is 24.8 Å². The van der Waals surface area contributed by atoms with E-state index in [4.69, 9.17) is 9.47 Å². The first-order valence-electron chi connectivity index (χ1n) is 10.4. The summed E-state index contributed by atoms with van der Waals surface area (Å²) in [6, 6.07) is 15.0. The van der Waals surface area contributed by atoms with Gasteiger partial charge in [-0.3, -0.25) is 9.10 Å². The van der Waals surface area contributed by atoms with Crippen molar-refractivity contribution in [3.63, 3.8) is 0 Å². The van der Waals surface area contributed by atoms with Crippen molar-refractivity contribution in [2.24, 2.45) is 0 Å².